The molecule has 5 rings (SSSR count). The predicted molar refractivity (Wildman–Crippen MR) is 110 cm³/mol. The van der Waals surface area contributed by atoms with E-state index in [0.717, 1.165) is 49.8 Å². The Balaban J connectivity index is 1.27. The van der Waals surface area contributed by atoms with Crippen molar-refractivity contribution in [1.29, 1.82) is 0 Å². The van der Waals surface area contributed by atoms with Gasteiger partial charge in [0.25, 0.3) is 5.91 Å². The van der Waals surface area contributed by atoms with Gasteiger partial charge in [-0.15, -0.1) is 11.3 Å². The van der Waals surface area contributed by atoms with E-state index >= 15 is 0 Å². The molecule has 1 N–H and O–H groups in total. The Labute approximate surface area is 167 Å². The number of aromatic nitrogens is 3. The normalized spacial score (nSPS) is 18.8. The fourth-order valence-corrected chi connectivity index (χ4v) is 4.64. The molecule has 4 heterocycles. The van der Waals surface area contributed by atoms with Crippen molar-refractivity contribution in [3.05, 3.63) is 46.7 Å². The summed E-state index contributed by atoms with van der Waals surface area (Å²) in [5, 5.41) is 2.84. The number of benzene rings is 1. The van der Waals surface area contributed by atoms with Gasteiger partial charge in [0, 0.05) is 51.4 Å². The summed E-state index contributed by atoms with van der Waals surface area (Å²) in [6, 6.07) is 6.95. The second-order valence-electron chi connectivity index (χ2n) is 7.31. The van der Waals surface area contributed by atoms with Crippen LogP contribution >= 0.6 is 11.3 Å². The lowest BCUT2D eigenvalue weighted by Gasteiger charge is -2.38. The molecule has 2 aliphatic rings. The Morgan fingerprint density at radius 2 is 2.04 bits per heavy atom. The monoisotopic (exact) mass is 394 g/mol. The molecule has 0 saturated carbocycles. The van der Waals surface area contributed by atoms with Gasteiger partial charge in [-0.2, -0.15) is 0 Å². The fourth-order valence-electron chi connectivity index (χ4n) is 3.98. The number of hydrogen-bond donors (Lipinski definition) is 1. The molecular formula is C20H22N6OS. The largest absolute Gasteiger partial charge is 0.352 e. The van der Waals surface area contributed by atoms with Crippen LogP contribution in [0, 0.1) is 0 Å². The first kappa shape index (κ1) is 17.5. The molecule has 0 spiro atoms. The summed E-state index contributed by atoms with van der Waals surface area (Å²) >= 11 is 1.68. The number of rotatable bonds is 3. The zero-order valence-corrected chi connectivity index (χ0v) is 16.6. The topological polar surface area (TPSA) is 74.2 Å². The second kappa shape index (κ2) is 7.10. The maximum atomic E-state index is 11.9. The zero-order chi connectivity index (χ0) is 19.1. The number of nitrogens with zero attached hydrogens (tertiary/aromatic N) is 5. The van der Waals surface area contributed by atoms with Crippen molar-refractivity contribution in [2.45, 2.75) is 19.4 Å². The Hall–Kier alpha value is -2.58. The molecule has 1 amide bonds. The van der Waals surface area contributed by atoms with Gasteiger partial charge in [-0.25, -0.2) is 15.0 Å². The lowest BCUT2D eigenvalue weighted by Crippen LogP contribution is -2.48. The average Bonchev–Trinajstić information content (AvgIpc) is 3.21. The van der Waals surface area contributed by atoms with Gasteiger partial charge in [-0.1, -0.05) is 6.07 Å². The maximum absolute atomic E-state index is 11.9. The molecule has 7 nitrogen and oxygen atoms in total. The van der Waals surface area contributed by atoms with Crippen LogP contribution in [0.3, 0.4) is 0 Å². The number of carbonyl (C=O) groups excluding carboxylic acids is 1. The van der Waals surface area contributed by atoms with Gasteiger partial charge in [0.05, 0.1) is 27.0 Å². The number of thiazole rings is 1. The predicted octanol–water partition coefficient (Wildman–Crippen LogP) is 2.26. The standard InChI is InChI=1S/C20H22N6OS/c1-13(14-2-3-18-17(10-14)23-12-28-18)25-6-8-26(9-7-25)20-22-11-15-16(24-20)4-5-21-19(15)27/h2-3,10-13H,4-9H2,1H3,(H,21,27). The molecule has 0 aliphatic carbocycles. The van der Waals surface area contributed by atoms with Crippen molar-refractivity contribution in [3.8, 4) is 0 Å². The van der Waals surface area contributed by atoms with Crippen molar-refractivity contribution in [2.75, 3.05) is 37.6 Å². The Kier molecular flexibility index (Phi) is 4.44. The highest BCUT2D eigenvalue weighted by Crippen LogP contribution is 2.27. The van der Waals surface area contributed by atoms with Crippen LogP contribution in [-0.2, 0) is 6.42 Å². The molecule has 2 aromatic heterocycles. The molecule has 0 bridgehead atoms. The maximum Gasteiger partial charge on any atom is 0.254 e. The van der Waals surface area contributed by atoms with Gasteiger partial charge in [0.15, 0.2) is 0 Å². The molecule has 3 aromatic rings. The molecule has 0 radical (unpaired) electrons. The van der Waals surface area contributed by atoms with Crippen molar-refractivity contribution in [3.63, 3.8) is 0 Å². The third kappa shape index (κ3) is 3.12. The van der Waals surface area contributed by atoms with Gasteiger partial charge < -0.3 is 10.2 Å². The van der Waals surface area contributed by atoms with Crippen LogP contribution in [0.1, 0.15) is 34.6 Å². The first-order valence-electron chi connectivity index (χ1n) is 9.65. The van der Waals surface area contributed by atoms with E-state index < -0.39 is 0 Å². The SMILES string of the molecule is CC(c1ccc2scnc2c1)N1CCN(c2ncc3c(n2)CCNC3=O)CC1. The average molecular weight is 395 g/mol. The second-order valence-corrected chi connectivity index (χ2v) is 8.20. The van der Waals surface area contributed by atoms with Crippen LogP contribution < -0.4 is 10.2 Å². The van der Waals surface area contributed by atoms with E-state index in [9.17, 15) is 4.79 Å². The number of hydrogen-bond acceptors (Lipinski definition) is 7. The van der Waals surface area contributed by atoms with Gasteiger partial charge in [-0.05, 0) is 24.6 Å². The minimum absolute atomic E-state index is 0.0662. The Morgan fingerprint density at radius 3 is 2.89 bits per heavy atom. The Morgan fingerprint density at radius 1 is 1.18 bits per heavy atom. The first-order chi connectivity index (χ1) is 13.7. The number of anilines is 1. The smallest absolute Gasteiger partial charge is 0.254 e. The molecule has 1 aromatic carbocycles. The molecule has 1 atom stereocenters. The summed E-state index contributed by atoms with van der Waals surface area (Å²) in [6.45, 7) is 6.59. The van der Waals surface area contributed by atoms with Crippen molar-refractivity contribution in [2.24, 2.45) is 0 Å². The van der Waals surface area contributed by atoms with Crippen molar-refractivity contribution < 1.29 is 4.79 Å². The molecular weight excluding hydrogens is 372 g/mol. The van der Waals surface area contributed by atoms with E-state index in [1.54, 1.807) is 17.5 Å². The molecule has 2 aliphatic heterocycles. The van der Waals surface area contributed by atoms with Crippen molar-refractivity contribution >= 4 is 33.4 Å². The fraction of sp³-hybridized carbons (Fsp3) is 0.400. The van der Waals surface area contributed by atoms with E-state index in [0.29, 0.717) is 18.2 Å². The minimum Gasteiger partial charge on any atom is -0.352 e. The van der Waals surface area contributed by atoms with E-state index in [1.807, 2.05) is 5.51 Å². The quantitative estimate of drug-likeness (QED) is 0.735. The lowest BCUT2D eigenvalue weighted by atomic mass is 10.1. The highest BCUT2D eigenvalue weighted by molar-refractivity contribution is 7.16. The number of piperazine rings is 1. The van der Waals surface area contributed by atoms with Crippen LogP contribution in [0.25, 0.3) is 10.2 Å². The number of nitrogens with one attached hydrogen (secondary N) is 1. The van der Waals surface area contributed by atoms with Crippen LogP contribution in [0.4, 0.5) is 5.95 Å². The number of fused-ring (bicyclic) bond motifs is 2. The summed E-state index contributed by atoms with van der Waals surface area (Å²) in [7, 11) is 0. The molecule has 144 valence electrons. The molecule has 28 heavy (non-hydrogen) atoms. The summed E-state index contributed by atoms with van der Waals surface area (Å²) in [6.07, 6.45) is 2.44. The van der Waals surface area contributed by atoms with E-state index in [2.05, 4.69) is 55.2 Å². The number of amides is 1. The summed E-state index contributed by atoms with van der Waals surface area (Å²) in [4.78, 5) is 30.2. The third-order valence-electron chi connectivity index (χ3n) is 5.73. The summed E-state index contributed by atoms with van der Waals surface area (Å²) < 4.78 is 1.24. The highest BCUT2D eigenvalue weighted by Gasteiger charge is 2.25. The van der Waals surface area contributed by atoms with Crippen LogP contribution in [0.2, 0.25) is 0 Å². The van der Waals surface area contributed by atoms with E-state index in [1.165, 1.54) is 10.3 Å². The molecule has 1 unspecified atom stereocenters. The van der Waals surface area contributed by atoms with Gasteiger partial charge >= 0.3 is 0 Å². The summed E-state index contributed by atoms with van der Waals surface area (Å²) in [5.41, 5.74) is 5.77. The molecule has 8 heteroatoms. The van der Waals surface area contributed by atoms with E-state index in [4.69, 9.17) is 0 Å². The zero-order valence-electron chi connectivity index (χ0n) is 15.8. The van der Waals surface area contributed by atoms with Crippen molar-refractivity contribution in [1.82, 2.24) is 25.2 Å². The van der Waals surface area contributed by atoms with E-state index in [-0.39, 0.29) is 5.91 Å². The molecule has 1 saturated heterocycles. The highest BCUT2D eigenvalue weighted by atomic mass is 32.1. The van der Waals surface area contributed by atoms with Crippen LogP contribution in [-0.4, -0.2) is 58.5 Å². The number of carbonyl (C=O) groups is 1. The summed E-state index contributed by atoms with van der Waals surface area (Å²) in [5.74, 6) is 0.674. The van der Waals surface area contributed by atoms with Gasteiger partial charge in [-0.3, -0.25) is 9.69 Å². The Bertz CT molecular complexity index is 1030. The third-order valence-corrected chi connectivity index (χ3v) is 6.54. The first-order valence-corrected chi connectivity index (χ1v) is 10.5. The lowest BCUT2D eigenvalue weighted by molar-refractivity contribution is 0.0944. The minimum atomic E-state index is -0.0662. The van der Waals surface area contributed by atoms with Gasteiger partial charge in [0.1, 0.15) is 0 Å². The van der Waals surface area contributed by atoms with Crippen LogP contribution in [0.5, 0.6) is 0 Å². The molecule has 1 fully saturated rings. The van der Waals surface area contributed by atoms with Gasteiger partial charge in [0.2, 0.25) is 5.95 Å². The van der Waals surface area contributed by atoms with Crippen LogP contribution in [0.15, 0.2) is 29.9 Å².